The molecule has 0 aliphatic heterocycles. The number of aromatic hydroxyl groups is 1. The molecule has 0 radical (unpaired) electrons. The van der Waals surface area contributed by atoms with E-state index in [1.54, 1.807) is 19.1 Å². The van der Waals surface area contributed by atoms with Gasteiger partial charge >= 0.3 is 0 Å². The van der Waals surface area contributed by atoms with Crippen LogP contribution in [-0.2, 0) is 6.61 Å². The molecule has 0 amide bonds. The van der Waals surface area contributed by atoms with Crippen LogP contribution in [0.15, 0.2) is 48.5 Å². The molecule has 98 valence electrons. The first-order valence-corrected chi connectivity index (χ1v) is 6.23. The van der Waals surface area contributed by atoms with Gasteiger partial charge in [0.1, 0.15) is 18.1 Å². The van der Waals surface area contributed by atoms with Crippen molar-refractivity contribution in [3.8, 4) is 11.5 Å². The van der Waals surface area contributed by atoms with Crippen LogP contribution in [0.25, 0.3) is 0 Å². The van der Waals surface area contributed by atoms with Gasteiger partial charge in [-0.25, -0.2) is 0 Å². The molecule has 19 heavy (non-hydrogen) atoms. The minimum Gasteiger partial charge on any atom is -0.507 e. The van der Waals surface area contributed by atoms with Crippen molar-refractivity contribution in [2.75, 3.05) is 0 Å². The van der Waals surface area contributed by atoms with Gasteiger partial charge in [0.15, 0.2) is 5.78 Å². The van der Waals surface area contributed by atoms with Crippen molar-refractivity contribution in [2.24, 2.45) is 0 Å². The van der Waals surface area contributed by atoms with E-state index in [4.69, 9.17) is 4.74 Å². The zero-order chi connectivity index (χ0) is 13.7. The Kier molecular flexibility index (Phi) is 4.18. The van der Waals surface area contributed by atoms with Gasteiger partial charge in [0, 0.05) is 6.42 Å². The Balaban J connectivity index is 2.11. The molecule has 0 spiro atoms. The standard InChI is InChI=1S/C16H16O3/c1-2-15(17)14-10-13(8-9-16(14)18)19-11-12-6-4-3-5-7-12/h3-10,18H,2,11H2,1H3. The maximum Gasteiger partial charge on any atom is 0.166 e. The monoisotopic (exact) mass is 256 g/mol. The van der Waals surface area contributed by atoms with E-state index in [2.05, 4.69) is 0 Å². The Labute approximate surface area is 112 Å². The molecule has 3 heteroatoms. The predicted molar refractivity (Wildman–Crippen MR) is 73.5 cm³/mol. The Bertz CT molecular complexity index is 561. The fourth-order valence-corrected chi connectivity index (χ4v) is 1.76. The van der Waals surface area contributed by atoms with Crippen LogP contribution in [0.5, 0.6) is 11.5 Å². The second-order valence-electron chi connectivity index (χ2n) is 4.23. The molecule has 3 nitrogen and oxygen atoms in total. The van der Waals surface area contributed by atoms with E-state index in [-0.39, 0.29) is 11.5 Å². The van der Waals surface area contributed by atoms with Crippen LogP contribution in [0, 0.1) is 0 Å². The first-order valence-electron chi connectivity index (χ1n) is 6.23. The number of ketones is 1. The Hall–Kier alpha value is -2.29. The fourth-order valence-electron chi connectivity index (χ4n) is 1.76. The van der Waals surface area contributed by atoms with Gasteiger partial charge in [0.2, 0.25) is 0 Å². The van der Waals surface area contributed by atoms with Crippen molar-refractivity contribution in [3.05, 3.63) is 59.7 Å². The quantitative estimate of drug-likeness (QED) is 0.832. The molecule has 1 N–H and O–H groups in total. The summed E-state index contributed by atoms with van der Waals surface area (Å²) in [7, 11) is 0. The number of hydrogen-bond donors (Lipinski definition) is 1. The molecule has 0 fully saturated rings. The van der Waals surface area contributed by atoms with Gasteiger partial charge in [0.25, 0.3) is 0 Å². The molecule has 0 aliphatic carbocycles. The Morgan fingerprint density at radius 2 is 1.89 bits per heavy atom. The summed E-state index contributed by atoms with van der Waals surface area (Å²) in [4.78, 5) is 11.6. The molecule has 0 saturated carbocycles. The van der Waals surface area contributed by atoms with Gasteiger partial charge in [-0.05, 0) is 23.8 Å². The number of rotatable bonds is 5. The molecule has 0 aliphatic rings. The van der Waals surface area contributed by atoms with E-state index >= 15 is 0 Å². The number of Topliss-reactive ketones (excluding diaryl/α,β-unsaturated/α-hetero) is 1. The maximum absolute atomic E-state index is 11.6. The fraction of sp³-hybridized carbons (Fsp3) is 0.188. The van der Waals surface area contributed by atoms with Crippen molar-refractivity contribution in [2.45, 2.75) is 20.0 Å². The first-order chi connectivity index (χ1) is 9.20. The van der Waals surface area contributed by atoms with Gasteiger partial charge in [-0.15, -0.1) is 0 Å². The molecule has 2 aromatic rings. The summed E-state index contributed by atoms with van der Waals surface area (Å²) >= 11 is 0. The summed E-state index contributed by atoms with van der Waals surface area (Å²) in [6, 6.07) is 14.5. The van der Waals surface area contributed by atoms with Crippen LogP contribution in [0.4, 0.5) is 0 Å². The first kappa shape index (κ1) is 13.1. The van der Waals surface area contributed by atoms with Crippen molar-refractivity contribution < 1.29 is 14.6 Å². The number of phenolic OH excluding ortho intramolecular Hbond substituents is 1. The smallest absolute Gasteiger partial charge is 0.166 e. The highest BCUT2D eigenvalue weighted by atomic mass is 16.5. The predicted octanol–water partition coefficient (Wildman–Crippen LogP) is 3.56. The van der Waals surface area contributed by atoms with Crippen LogP contribution in [0.2, 0.25) is 0 Å². The third kappa shape index (κ3) is 3.35. The number of carbonyl (C=O) groups is 1. The van der Waals surface area contributed by atoms with Gasteiger partial charge in [-0.2, -0.15) is 0 Å². The maximum atomic E-state index is 11.6. The Morgan fingerprint density at radius 3 is 2.58 bits per heavy atom. The molecule has 2 rings (SSSR count). The number of carbonyl (C=O) groups excluding carboxylic acids is 1. The summed E-state index contributed by atoms with van der Waals surface area (Å²) in [5, 5.41) is 9.65. The average Bonchev–Trinajstić information content (AvgIpc) is 2.46. The summed E-state index contributed by atoms with van der Waals surface area (Å²) in [5.74, 6) is 0.486. The number of phenols is 1. The van der Waals surface area contributed by atoms with Crippen molar-refractivity contribution >= 4 is 5.78 Å². The highest BCUT2D eigenvalue weighted by molar-refractivity contribution is 5.98. The van der Waals surface area contributed by atoms with Crippen LogP contribution >= 0.6 is 0 Å². The van der Waals surface area contributed by atoms with E-state index in [9.17, 15) is 9.90 Å². The topological polar surface area (TPSA) is 46.5 Å². The zero-order valence-electron chi connectivity index (χ0n) is 10.8. The van der Waals surface area contributed by atoms with Crippen LogP contribution in [0.3, 0.4) is 0 Å². The lowest BCUT2D eigenvalue weighted by molar-refractivity contribution is 0.0985. The van der Waals surface area contributed by atoms with E-state index in [1.807, 2.05) is 30.3 Å². The second kappa shape index (κ2) is 6.05. The highest BCUT2D eigenvalue weighted by Gasteiger charge is 2.10. The van der Waals surface area contributed by atoms with Crippen LogP contribution in [-0.4, -0.2) is 10.9 Å². The highest BCUT2D eigenvalue weighted by Crippen LogP contribution is 2.24. The van der Waals surface area contributed by atoms with E-state index in [0.717, 1.165) is 5.56 Å². The largest absolute Gasteiger partial charge is 0.507 e. The Morgan fingerprint density at radius 1 is 1.16 bits per heavy atom. The summed E-state index contributed by atoms with van der Waals surface area (Å²) < 4.78 is 5.62. The summed E-state index contributed by atoms with van der Waals surface area (Å²) in [6.45, 7) is 2.20. The van der Waals surface area contributed by atoms with Crippen molar-refractivity contribution in [3.63, 3.8) is 0 Å². The van der Waals surface area contributed by atoms with E-state index in [0.29, 0.717) is 24.3 Å². The van der Waals surface area contributed by atoms with E-state index < -0.39 is 0 Å². The molecule has 2 aromatic carbocycles. The normalized spacial score (nSPS) is 10.2. The average molecular weight is 256 g/mol. The van der Waals surface area contributed by atoms with Gasteiger partial charge in [0.05, 0.1) is 5.56 Å². The summed E-state index contributed by atoms with van der Waals surface area (Å²) in [5.41, 5.74) is 1.37. The zero-order valence-corrected chi connectivity index (χ0v) is 10.8. The van der Waals surface area contributed by atoms with Crippen LogP contribution < -0.4 is 4.74 Å². The van der Waals surface area contributed by atoms with E-state index in [1.165, 1.54) is 6.07 Å². The third-order valence-electron chi connectivity index (χ3n) is 2.84. The van der Waals surface area contributed by atoms with Crippen LogP contribution in [0.1, 0.15) is 29.3 Å². The molecule has 0 saturated heterocycles. The number of ether oxygens (including phenoxy) is 1. The SMILES string of the molecule is CCC(=O)c1cc(OCc2ccccc2)ccc1O. The number of hydrogen-bond acceptors (Lipinski definition) is 3. The molecular weight excluding hydrogens is 240 g/mol. The molecule has 0 bridgehead atoms. The minimum absolute atomic E-state index is 0.00101. The second-order valence-corrected chi connectivity index (χ2v) is 4.23. The van der Waals surface area contributed by atoms with Gasteiger partial charge < -0.3 is 9.84 Å². The molecular formula is C16H16O3. The van der Waals surface area contributed by atoms with Gasteiger partial charge in [-0.3, -0.25) is 4.79 Å². The van der Waals surface area contributed by atoms with Crippen molar-refractivity contribution in [1.82, 2.24) is 0 Å². The number of benzene rings is 2. The van der Waals surface area contributed by atoms with Crippen molar-refractivity contribution in [1.29, 1.82) is 0 Å². The van der Waals surface area contributed by atoms with Gasteiger partial charge in [-0.1, -0.05) is 37.3 Å². The minimum atomic E-state index is -0.0948. The lowest BCUT2D eigenvalue weighted by atomic mass is 10.1. The molecule has 0 atom stereocenters. The molecule has 0 unspecified atom stereocenters. The molecule has 0 heterocycles. The third-order valence-corrected chi connectivity index (χ3v) is 2.84. The lowest BCUT2D eigenvalue weighted by Crippen LogP contribution is -2.00. The lowest BCUT2D eigenvalue weighted by Gasteiger charge is -2.09. The molecule has 0 aromatic heterocycles. The summed E-state index contributed by atoms with van der Waals surface area (Å²) in [6.07, 6.45) is 0.357.